The van der Waals surface area contributed by atoms with Crippen LogP contribution in [0.25, 0.3) is 0 Å². The minimum atomic E-state index is -0.599. The van der Waals surface area contributed by atoms with Crippen molar-refractivity contribution in [3.05, 3.63) is 58.7 Å². The summed E-state index contributed by atoms with van der Waals surface area (Å²) in [7, 11) is 0. The van der Waals surface area contributed by atoms with Crippen LogP contribution in [-0.4, -0.2) is 22.8 Å². The van der Waals surface area contributed by atoms with Crippen LogP contribution in [0.15, 0.2) is 42.0 Å². The van der Waals surface area contributed by atoms with Crippen molar-refractivity contribution < 1.29 is 33.7 Å². The molecule has 174 valence electrons. The topological polar surface area (TPSA) is 99.1 Å². The SMILES string of the molecule is CCC(=CCc1c(OC(C)=O)cc2c(c1O)C(=O)CC(c1ccc(OC(C)=O)cc1)O2)CC. The Balaban J connectivity index is 1.97. The molecule has 3 rings (SSSR count). The fourth-order valence-corrected chi connectivity index (χ4v) is 3.82. The lowest BCUT2D eigenvalue weighted by atomic mass is 9.92. The Morgan fingerprint density at radius 2 is 1.73 bits per heavy atom. The summed E-state index contributed by atoms with van der Waals surface area (Å²) in [6.45, 7) is 6.69. The molecule has 0 spiro atoms. The monoisotopic (exact) mass is 452 g/mol. The van der Waals surface area contributed by atoms with Crippen molar-refractivity contribution in [1.29, 1.82) is 0 Å². The van der Waals surface area contributed by atoms with Crippen LogP contribution in [0, 0.1) is 0 Å². The number of fused-ring (bicyclic) bond motifs is 1. The fourth-order valence-electron chi connectivity index (χ4n) is 3.82. The van der Waals surface area contributed by atoms with Crippen molar-refractivity contribution in [3.8, 4) is 23.0 Å². The van der Waals surface area contributed by atoms with Gasteiger partial charge in [-0.1, -0.05) is 37.6 Å². The number of aromatic hydroxyl groups is 1. The van der Waals surface area contributed by atoms with Crippen molar-refractivity contribution in [2.75, 3.05) is 0 Å². The highest BCUT2D eigenvalue weighted by atomic mass is 16.5. The summed E-state index contributed by atoms with van der Waals surface area (Å²) in [5, 5.41) is 11.0. The Labute approximate surface area is 193 Å². The normalized spacial score (nSPS) is 14.7. The summed E-state index contributed by atoms with van der Waals surface area (Å²) >= 11 is 0. The van der Waals surface area contributed by atoms with Gasteiger partial charge in [0.2, 0.25) is 0 Å². The summed E-state index contributed by atoms with van der Waals surface area (Å²) in [5.41, 5.74) is 2.38. The first-order chi connectivity index (χ1) is 15.7. The molecular formula is C26H28O7. The molecule has 1 heterocycles. The van der Waals surface area contributed by atoms with E-state index in [2.05, 4.69) is 0 Å². The number of benzene rings is 2. The number of hydrogen-bond acceptors (Lipinski definition) is 7. The summed E-state index contributed by atoms with van der Waals surface area (Å²) in [4.78, 5) is 35.8. The molecule has 0 bridgehead atoms. The standard InChI is InChI=1S/C26H28O7/c1-5-17(6-2)7-12-20-23(32-16(4)28)14-24-25(26(20)30)21(29)13-22(33-24)18-8-10-19(11-9-18)31-15(3)27/h7-11,14,22,30H,5-6,12-13H2,1-4H3. The predicted molar refractivity (Wildman–Crippen MR) is 122 cm³/mol. The lowest BCUT2D eigenvalue weighted by Gasteiger charge is -2.27. The van der Waals surface area contributed by atoms with Crippen molar-refractivity contribution in [2.24, 2.45) is 0 Å². The molecule has 1 atom stereocenters. The number of carbonyl (C=O) groups is 3. The molecule has 2 aromatic carbocycles. The molecule has 0 saturated heterocycles. The number of ketones is 1. The Morgan fingerprint density at radius 1 is 1.09 bits per heavy atom. The van der Waals surface area contributed by atoms with Gasteiger partial charge in [-0.2, -0.15) is 0 Å². The van der Waals surface area contributed by atoms with Gasteiger partial charge in [-0.25, -0.2) is 0 Å². The highest BCUT2D eigenvalue weighted by molar-refractivity contribution is 6.03. The zero-order valence-electron chi connectivity index (χ0n) is 19.3. The van der Waals surface area contributed by atoms with Crippen LogP contribution in [0.2, 0.25) is 0 Å². The number of phenolic OH excluding ortho intramolecular Hbond substituents is 1. The number of carbonyl (C=O) groups excluding carboxylic acids is 3. The molecule has 1 N–H and O–H groups in total. The van der Waals surface area contributed by atoms with Crippen molar-refractivity contribution in [2.45, 2.75) is 59.5 Å². The van der Waals surface area contributed by atoms with Gasteiger partial charge in [0.25, 0.3) is 0 Å². The van der Waals surface area contributed by atoms with Crippen molar-refractivity contribution in [3.63, 3.8) is 0 Å². The fraction of sp³-hybridized carbons (Fsp3) is 0.346. The molecule has 33 heavy (non-hydrogen) atoms. The van der Waals surface area contributed by atoms with Crippen molar-refractivity contribution in [1.82, 2.24) is 0 Å². The zero-order chi connectivity index (χ0) is 24.1. The first kappa shape index (κ1) is 24.0. The molecule has 0 amide bonds. The van der Waals surface area contributed by atoms with E-state index in [1.165, 1.54) is 25.5 Å². The van der Waals surface area contributed by atoms with E-state index in [1.807, 2.05) is 19.9 Å². The molecular weight excluding hydrogens is 424 g/mol. The van der Waals surface area contributed by atoms with Gasteiger partial charge in [0, 0.05) is 25.5 Å². The van der Waals surface area contributed by atoms with E-state index in [4.69, 9.17) is 14.2 Å². The average Bonchev–Trinajstić information content (AvgIpc) is 2.75. The van der Waals surface area contributed by atoms with Gasteiger partial charge in [-0.15, -0.1) is 0 Å². The molecule has 1 unspecified atom stereocenters. The number of phenols is 1. The van der Waals surface area contributed by atoms with Gasteiger partial charge < -0.3 is 19.3 Å². The molecule has 1 aliphatic rings. The van der Waals surface area contributed by atoms with E-state index in [0.29, 0.717) is 23.3 Å². The molecule has 2 aromatic rings. The van der Waals surface area contributed by atoms with E-state index in [1.54, 1.807) is 24.3 Å². The second-order valence-electron chi connectivity index (χ2n) is 7.84. The van der Waals surface area contributed by atoms with Crippen LogP contribution in [0.3, 0.4) is 0 Å². The average molecular weight is 453 g/mol. The number of hydrogen-bond donors (Lipinski definition) is 1. The molecule has 1 aliphatic heterocycles. The van der Waals surface area contributed by atoms with Crippen molar-refractivity contribution >= 4 is 17.7 Å². The van der Waals surface area contributed by atoms with E-state index in [-0.39, 0.29) is 35.0 Å². The van der Waals surface area contributed by atoms with E-state index in [9.17, 15) is 19.5 Å². The van der Waals surface area contributed by atoms with Gasteiger partial charge in [0.1, 0.15) is 34.7 Å². The number of rotatable bonds is 7. The van der Waals surface area contributed by atoms with Crippen LogP contribution in [0.1, 0.15) is 74.5 Å². The maximum absolute atomic E-state index is 13.0. The quantitative estimate of drug-likeness (QED) is 0.348. The Kier molecular flexibility index (Phi) is 7.53. The van der Waals surface area contributed by atoms with Crippen LogP contribution in [0.5, 0.6) is 23.0 Å². The smallest absolute Gasteiger partial charge is 0.308 e. The molecule has 0 aromatic heterocycles. The van der Waals surface area contributed by atoms with Gasteiger partial charge in [0.05, 0.1) is 6.42 Å². The first-order valence-electron chi connectivity index (χ1n) is 11.0. The Hall–Kier alpha value is -3.61. The summed E-state index contributed by atoms with van der Waals surface area (Å²) in [5.74, 6) is -0.739. The molecule has 0 fully saturated rings. The minimum Gasteiger partial charge on any atom is -0.507 e. The number of esters is 2. The first-order valence-corrected chi connectivity index (χ1v) is 11.0. The second-order valence-corrected chi connectivity index (χ2v) is 7.84. The second kappa shape index (κ2) is 10.3. The Morgan fingerprint density at radius 3 is 2.30 bits per heavy atom. The maximum atomic E-state index is 13.0. The van der Waals surface area contributed by atoms with Crippen LogP contribution in [0.4, 0.5) is 0 Å². The van der Waals surface area contributed by atoms with E-state index < -0.39 is 18.0 Å². The summed E-state index contributed by atoms with van der Waals surface area (Å²) in [6.07, 6.45) is 3.47. The maximum Gasteiger partial charge on any atom is 0.308 e. The lowest BCUT2D eigenvalue weighted by Crippen LogP contribution is -2.21. The Bertz CT molecular complexity index is 1090. The largest absolute Gasteiger partial charge is 0.507 e. The highest BCUT2D eigenvalue weighted by Gasteiger charge is 2.33. The number of ether oxygens (including phenoxy) is 3. The van der Waals surface area contributed by atoms with Gasteiger partial charge in [0.15, 0.2) is 5.78 Å². The zero-order valence-corrected chi connectivity index (χ0v) is 19.3. The third kappa shape index (κ3) is 5.61. The molecule has 0 radical (unpaired) electrons. The van der Waals surface area contributed by atoms with E-state index >= 15 is 0 Å². The van der Waals surface area contributed by atoms with Crippen LogP contribution in [-0.2, 0) is 16.0 Å². The molecule has 0 aliphatic carbocycles. The summed E-state index contributed by atoms with van der Waals surface area (Å²) in [6, 6.07) is 8.16. The molecule has 7 heteroatoms. The third-order valence-electron chi connectivity index (χ3n) is 5.52. The number of Topliss-reactive ketones (excluding diaryl/α,β-unsaturated/α-hetero) is 1. The van der Waals surface area contributed by atoms with E-state index in [0.717, 1.165) is 12.8 Å². The minimum absolute atomic E-state index is 0.0326. The summed E-state index contributed by atoms with van der Waals surface area (Å²) < 4.78 is 16.4. The lowest BCUT2D eigenvalue weighted by molar-refractivity contribution is -0.132. The van der Waals surface area contributed by atoms with Gasteiger partial charge >= 0.3 is 11.9 Å². The van der Waals surface area contributed by atoms with Crippen LogP contribution >= 0.6 is 0 Å². The van der Waals surface area contributed by atoms with Gasteiger partial charge in [-0.05, 0) is 37.0 Å². The van der Waals surface area contributed by atoms with Gasteiger partial charge in [-0.3, -0.25) is 14.4 Å². The molecule has 7 nitrogen and oxygen atoms in total. The number of allylic oxidation sites excluding steroid dienone is 2. The molecule has 0 saturated carbocycles. The third-order valence-corrected chi connectivity index (χ3v) is 5.52. The predicted octanol–water partition coefficient (Wildman–Crippen LogP) is 5.24. The highest BCUT2D eigenvalue weighted by Crippen LogP contribution is 2.45. The van der Waals surface area contributed by atoms with Crippen LogP contribution < -0.4 is 14.2 Å².